The van der Waals surface area contributed by atoms with Gasteiger partial charge in [0.1, 0.15) is 0 Å². The monoisotopic (exact) mass is 355 g/mol. The number of carbonyl (C=O) groups is 1. The molecule has 0 saturated carbocycles. The van der Waals surface area contributed by atoms with E-state index in [0.717, 1.165) is 31.1 Å². The van der Waals surface area contributed by atoms with Gasteiger partial charge < -0.3 is 10.2 Å². The average Bonchev–Trinajstić information content (AvgIpc) is 3.05. The Morgan fingerprint density at radius 2 is 2.05 bits per heavy atom. The fourth-order valence-corrected chi connectivity index (χ4v) is 3.49. The third-order valence-corrected chi connectivity index (χ3v) is 5.27. The number of anilines is 1. The van der Waals surface area contributed by atoms with Crippen LogP contribution in [0.2, 0.25) is 10.0 Å². The zero-order chi connectivity index (χ0) is 15.5. The van der Waals surface area contributed by atoms with Crippen molar-refractivity contribution in [3.63, 3.8) is 0 Å². The predicted octanol–water partition coefficient (Wildman–Crippen LogP) is 3.85. The Morgan fingerprint density at radius 1 is 1.27 bits per heavy atom. The summed E-state index contributed by atoms with van der Waals surface area (Å²) in [5.74, 6) is -0.105. The van der Waals surface area contributed by atoms with Crippen molar-refractivity contribution in [3.8, 4) is 0 Å². The highest BCUT2D eigenvalue weighted by Crippen LogP contribution is 2.24. The van der Waals surface area contributed by atoms with Crippen molar-refractivity contribution in [1.82, 2.24) is 10.3 Å². The Hall–Kier alpha value is -1.30. The maximum absolute atomic E-state index is 12.2. The van der Waals surface area contributed by atoms with Crippen molar-refractivity contribution in [2.75, 3.05) is 18.0 Å². The topological polar surface area (TPSA) is 45.2 Å². The van der Waals surface area contributed by atoms with E-state index in [0.29, 0.717) is 15.6 Å². The first-order chi connectivity index (χ1) is 10.6. The number of benzene rings is 1. The van der Waals surface area contributed by atoms with Gasteiger partial charge in [-0.1, -0.05) is 23.2 Å². The summed E-state index contributed by atoms with van der Waals surface area (Å²) in [6.45, 7) is 1.81. The van der Waals surface area contributed by atoms with Crippen molar-refractivity contribution >= 4 is 45.6 Å². The maximum Gasteiger partial charge on any atom is 0.251 e. The summed E-state index contributed by atoms with van der Waals surface area (Å²) in [4.78, 5) is 18.8. The Kier molecular flexibility index (Phi) is 4.86. The molecule has 1 N–H and O–H groups in total. The summed E-state index contributed by atoms with van der Waals surface area (Å²) in [5.41, 5.74) is 0.539. The zero-order valence-corrected chi connectivity index (χ0v) is 14.1. The van der Waals surface area contributed by atoms with E-state index in [9.17, 15) is 4.79 Å². The first-order valence-corrected chi connectivity index (χ1v) is 8.67. The second-order valence-corrected chi connectivity index (χ2v) is 6.87. The summed E-state index contributed by atoms with van der Waals surface area (Å²) in [6.07, 6.45) is 3.64. The number of thiazole rings is 1. The van der Waals surface area contributed by atoms with Crippen LogP contribution in [0.5, 0.6) is 0 Å². The van der Waals surface area contributed by atoms with Gasteiger partial charge in [0.2, 0.25) is 0 Å². The largest absolute Gasteiger partial charge is 0.349 e. The normalized spacial score (nSPS) is 15.8. The van der Waals surface area contributed by atoms with Crippen molar-refractivity contribution < 1.29 is 4.79 Å². The molecule has 0 bridgehead atoms. The molecule has 1 amide bonds. The van der Waals surface area contributed by atoms with E-state index >= 15 is 0 Å². The number of hydrogen-bond acceptors (Lipinski definition) is 4. The van der Waals surface area contributed by atoms with Gasteiger partial charge in [-0.3, -0.25) is 4.79 Å². The molecule has 2 aromatic rings. The van der Waals surface area contributed by atoms with E-state index in [1.807, 2.05) is 11.6 Å². The SMILES string of the molecule is O=C(NC1CCN(c2nccs2)CC1)c1ccc(Cl)c(Cl)c1. The smallest absolute Gasteiger partial charge is 0.251 e. The second kappa shape index (κ2) is 6.86. The number of rotatable bonds is 3. The molecule has 0 unspecified atom stereocenters. The lowest BCUT2D eigenvalue weighted by Crippen LogP contribution is -2.44. The molecular formula is C15H15Cl2N3OS. The minimum atomic E-state index is -0.105. The summed E-state index contributed by atoms with van der Waals surface area (Å²) < 4.78 is 0. The van der Waals surface area contributed by atoms with Crippen molar-refractivity contribution in [2.45, 2.75) is 18.9 Å². The Labute approximate surface area is 143 Å². The zero-order valence-electron chi connectivity index (χ0n) is 11.8. The maximum atomic E-state index is 12.2. The fourth-order valence-electron chi connectivity index (χ4n) is 2.49. The van der Waals surface area contributed by atoms with Crippen molar-refractivity contribution in [2.24, 2.45) is 0 Å². The molecule has 0 radical (unpaired) electrons. The van der Waals surface area contributed by atoms with Crippen LogP contribution in [0.3, 0.4) is 0 Å². The van der Waals surface area contributed by atoms with Gasteiger partial charge in [-0.15, -0.1) is 11.3 Å². The highest BCUT2D eigenvalue weighted by atomic mass is 35.5. The lowest BCUT2D eigenvalue weighted by atomic mass is 10.0. The Balaban J connectivity index is 1.56. The molecule has 22 heavy (non-hydrogen) atoms. The van der Waals surface area contributed by atoms with Gasteiger partial charge in [-0.05, 0) is 31.0 Å². The van der Waals surface area contributed by atoms with Crippen LogP contribution in [0, 0.1) is 0 Å². The Bertz CT molecular complexity index is 655. The molecule has 116 valence electrons. The van der Waals surface area contributed by atoms with E-state index in [1.54, 1.807) is 29.5 Å². The molecule has 0 aliphatic carbocycles. The summed E-state index contributed by atoms with van der Waals surface area (Å²) in [5, 5.41) is 6.94. The molecule has 3 rings (SSSR count). The number of halogens is 2. The van der Waals surface area contributed by atoms with Gasteiger partial charge in [-0.25, -0.2) is 4.98 Å². The molecule has 0 atom stereocenters. The number of nitrogens with one attached hydrogen (secondary N) is 1. The molecule has 1 aliphatic rings. The van der Waals surface area contributed by atoms with Crippen LogP contribution < -0.4 is 10.2 Å². The van der Waals surface area contributed by atoms with Gasteiger partial charge in [0.15, 0.2) is 5.13 Å². The number of piperidine rings is 1. The Morgan fingerprint density at radius 3 is 2.68 bits per heavy atom. The third-order valence-electron chi connectivity index (χ3n) is 3.70. The predicted molar refractivity (Wildman–Crippen MR) is 91.3 cm³/mol. The van der Waals surface area contributed by atoms with E-state index in [1.165, 1.54) is 0 Å². The molecule has 1 aromatic heterocycles. The molecule has 7 heteroatoms. The molecule has 1 aliphatic heterocycles. The first-order valence-electron chi connectivity index (χ1n) is 7.04. The number of aromatic nitrogens is 1. The minimum Gasteiger partial charge on any atom is -0.349 e. The minimum absolute atomic E-state index is 0.105. The van der Waals surface area contributed by atoms with Crippen LogP contribution >= 0.6 is 34.5 Å². The van der Waals surface area contributed by atoms with Crippen molar-refractivity contribution in [1.29, 1.82) is 0 Å². The number of amides is 1. The molecule has 1 saturated heterocycles. The third kappa shape index (κ3) is 3.54. The lowest BCUT2D eigenvalue weighted by Gasteiger charge is -2.32. The number of nitrogens with zero attached hydrogens (tertiary/aromatic N) is 2. The van der Waals surface area contributed by atoms with Crippen LogP contribution in [-0.2, 0) is 0 Å². The van der Waals surface area contributed by atoms with E-state index in [2.05, 4.69) is 15.2 Å². The van der Waals surface area contributed by atoms with Crippen LogP contribution in [0.4, 0.5) is 5.13 Å². The van der Waals surface area contributed by atoms with E-state index in [4.69, 9.17) is 23.2 Å². The number of hydrogen-bond donors (Lipinski definition) is 1. The molecule has 2 heterocycles. The quantitative estimate of drug-likeness (QED) is 0.909. The molecule has 1 fully saturated rings. The summed E-state index contributed by atoms with van der Waals surface area (Å²) in [6, 6.07) is 5.11. The first kappa shape index (κ1) is 15.6. The molecule has 0 spiro atoms. The van der Waals surface area contributed by atoms with Crippen LogP contribution in [-0.4, -0.2) is 30.0 Å². The average molecular weight is 356 g/mol. The van der Waals surface area contributed by atoms with Crippen LogP contribution in [0.1, 0.15) is 23.2 Å². The van der Waals surface area contributed by atoms with Crippen LogP contribution in [0.15, 0.2) is 29.8 Å². The van der Waals surface area contributed by atoms with Gasteiger partial charge >= 0.3 is 0 Å². The fraction of sp³-hybridized carbons (Fsp3) is 0.333. The van der Waals surface area contributed by atoms with Gasteiger partial charge in [0.05, 0.1) is 10.0 Å². The van der Waals surface area contributed by atoms with Gasteiger partial charge in [0.25, 0.3) is 5.91 Å². The highest BCUT2D eigenvalue weighted by molar-refractivity contribution is 7.13. The highest BCUT2D eigenvalue weighted by Gasteiger charge is 2.22. The standard InChI is InChI=1S/C15H15Cl2N3OS/c16-12-2-1-10(9-13(12)17)14(21)19-11-3-6-20(7-4-11)15-18-5-8-22-15/h1-2,5,8-9,11H,3-4,6-7H2,(H,19,21). The van der Waals surface area contributed by atoms with Crippen molar-refractivity contribution in [3.05, 3.63) is 45.4 Å². The lowest BCUT2D eigenvalue weighted by molar-refractivity contribution is 0.0931. The van der Waals surface area contributed by atoms with Gasteiger partial charge in [0, 0.05) is 36.3 Å². The summed E-state index contributed by atoms with van der Waals surface area (Å²) >= 11 is 13.5. The second-order valence-electron chi connectivity index (χ2n) is 5.18. The molecule has 1 aromatic carbocycles. The molecule has 4 nitrogen and oxygen atoms in total. The van der Waals surface area contributed by atoms with Gasteiger partial charge in [-0.2, -0.15) is 0 Å². The van der Waals surface area contributed by atoms with E-state index in [-0.39, 0.29) is 11.9 Å². The van der Waals surface area contributed by atoms with Crippen LogP contribution in [0.25, 0.3) is 0 Å². The van der Waals surface area contributed by atoms with E-state index < -0.39 is 0 Å². The number of carbonyl (C=O) groups excluding carboxylic acids is 1. The summed E-state index contributed by atoms with van der Waals surface area (Å²) in [7, 11) is 0. The molecular weight excluding hydrogens is 341 g/mol.